The van der Waals surface area contributed by atoms with Crippen molar-refractivity contribution < 1.29 is 4.74 Å². The van der Waals surface area contributed by atoms with Crippen LogP contribution in [0.2, 0.25) is 0 Å². The van der Waals surface area contributed by atoms with Gasteiger partial charge in [-0.3, -0.25) is 0 Å². The van der Waals surface area contributed by atoms with Crippen LogP contribution >= 0.6 is 0 Å². The van der Waals surface area contributed by atoms with Crippen LogP contribution in [0.3, 0.4) is 0 Å². The van der Waals surface area contributed by atoms with Crippen LogP contribution in [0, 0.1) is 0 Å². The molecule has 3 heteroatoms. The molecule has 1 fully saturated rings. The van der Waals surface area contributed by atoms with Gasteiger partial charge in [-0.2, -0.15) is 0 Å². The lowest BCUT2D eigenvalue weighted by Crippen LogP contribution is -2.35. The minimum absolute atomic E-state index is 0.194. The van der Waals surface area contributed by atoms with Gasteiger partial charge < -0.3 is 15.4 Å². The molecular formula is C15H24N2O. The smallest absolute Gasteiger partial charge is 0.119 e. The highest BCUT2D eigenvalue weighted by Gasteiger charge is 2.20. The van der Waals surface area contributed by atoms with E-state index in [-0.39, 0.29) is 5.54 Å². The molecule has 1 aliphatic heterocycles. The number of benzene rings is 1. The zero-order chi connectivity index (χ0) is 13.2. The Labute approximate surface area is 110 Å². The molecule has 0 unspecified atom stereocenters. The van der Waals surface area contributed by atoms with Crippen LogP contribution < -0.4 is 15.4 Å². The van der Waals surface area contributed by atoms with E-state index in [1.54, 1.807) is 7.11 Å². The van der Waals surface area contributed by atoms with E-state index in [1.807, 2.05) is 6.07 Å². The zero-order valence-corrected chi connectivity index (χ0v) is 11.7. The molecule has 1 aromatic carbocycles. The molecule has 18 heavy (non-hydrogen) atoms. The van der Waals surface area contributed by atoms with E-state index in [4.69, 9.17) is 10.5 Å². The van der Waals surface area contributed by atoms with Crippen LogP contribution in [0.25, 0.3) is 0 Å². The summed E-state index contributed by atoms with van der Waals surface area (Å²) in [6.45, 7) is 6.45. The topological polar surface area (TPSA) is 38.5 Å². The van der Waals surface area contributed by atoms with Crippen LogP contribution in [0.4, 0.5) is 5.69 Å². The van der Waals surface area contributed by atoms with Crippen molar-refractivity contribution in [1.82, 2.24) is 0 Å². The van der Waals surface area contributed by atoms with Crippen LogP contribution in [0.1, 0.15) is 32.3 Å². The van der Waals surface area contributed by atoms with Gasteiger partial charge in [0, 0.05) is 24.3 Å². The third-order valence-corrected chi connectivity index (χ3v) is 3.38. The second-order valence-corrected chi connectivity index (χ2v) is 5.85. The number of methoxy groups -OCH3 is 1. The third kappa shape index (κ3) is 3.16. The Kier molecular flexibility index (Phi) is 3.81. The maximum absolute atomic E-state index is 6.17. The van der Waals surface area contributed by atoms with Crippen molar-refractivity contribution in [2.45, 2.75) is 38.6 Å². The van der Waals surface area contributed by atoms with Crippen molar-refractivity contribution in [3.63, 3.8) is 0 Å². The summed E-state index contributed by atoms with van der Waals surface area (Å²) in [4.78, 5) is 2.46. The molecule has 100 valence electrons. The van der Waals surface area contributed by atoms with Gasteiger partial charge in [0.05, 0.1) is 7.11 Å². The first-order valence-corrected chi connectivity index (χ1v) is 6.70. The fraction of sp³-hybridized carbons (Fsp3) is 0.600. The van der Waals surface area contributed by atoms with E-state index in [2.05, 4.69) is 30.9 Å². The summed E-state index contributed by atoms with van der Waals surface area (Å²) in [5.74, 6) is 0.914. The highest BCUT2D eigenvalue weighted by molar-refractivity contribution is 5.57. The Hall–Kier alpha value is -1.22. The lowest BCUT2D eigenvalue weighted by atomic mass is 9.94. The normalized spacial score (nSPS) is 16.1. The van der Waals surface area contributed by atoms with E-state index in [1.165, 1.54) is 24.1 Å². The molecule has 0 saturated carbocycles. The molecule has 1 aromatic rings. The van der Waals surface area contributed by atoms with E-state index in [0.717, 1.165) is 25.3 Å². The second kappa shape index (κ2) is 5.19. The predicted molar refractivity (Wildman–Crippen MR) is 76.4 cm³/mol. The van der Waals surface area contributed by atoms with Gasteiger partial charge in [0.2, 0.25) is 0 Å². The Morgan fingerprint density at radius 2 is 1.94 bits per heavy atom. The number of rotatable bonds is 4. The molecule has 0 amide bonds. The number of nitrogens with zero attached hydrogens (tertiary/aromatic N) is 1. The monoisotopic (exact) mass is 248 g/mol. The summed E-state index contributed by atoms with van der Waals surface area (Å²) in [5, 5.41) is 0. The van der Waals surface area contributed by atoms with Crippen molar-refractivity contribution in [2.75, 3.05) is 25.1 Å². The molecule has 2 rings (SSSR count). The fourth-order valence-electron chi connectivity index (χ4n) is 2.59. The largest absolute Gasteiger partial charge is 0.497 e. The van der Waals surface area contributed by atoms with Gasteiger partial charge in [0.25, 0.3) is 0 Å². The van der Waals surface area contributed by atoms with E-state index < -0.39 is 0 Å². The van der Waals surface area contributed by atoms with Crippen molar-refractivity contribution in [2.24, 2.45) is 5.73 Å². The van der Waals surface area contributed by atoms with Crippen molar-refractivity contribution in [3.05, 3.63) is 23.8 Å². The number of hydrogen-bond donors (Lipinski definition) is 1. The van der Waals surface area contributed by atoms with E-state index in [9.17, 15) is 0 Å². The highest BCUT2D eigenvalue weighted by Crippen LogP contribution is 2.30. The standard InChI is InChI=1S/C15H24N2O/c1-15(2,16)11-12-10-13(18-3)6-7-14(12)17-8-4-5-9-17/h6-7,10H,4-5,8-9,11,16H2,1-3H3. The van der Waals surface area contributed by atoms with Gasteiger partial charge in [0.1, 0.15) is 5.75 Å². The van der Waals surface area contributed by atoms with Gasteiger partial charge in [-0.25, -0.2) is 0 Å². The summed E-state index contributed by atoms with van der Waals surface area (Å²) in [5.41, 5.74) is 8.59. The minimum Gasteiger partial charge on any atom is -0.497 e. The van der Waals surface area contributed by atoms with Crippen LogP contribution in [0.15, 0.2) is 18.2 Å². The van der Waals surface area contributed by atoms with Crippen LogP contribution in [-0.2, 0) is 6.42 Å². The Balaban J connectivity index is 2.31. The SMILES string of the molecule is COc1ccc(N2CCCC2)c(CC(C)(C)N)c1. The third-order valence-electron chi connectivity index (χ3n) is 3.38. The molecule has 0 aliphatic carbocycles. The lowest BCUT2D eigenvalue weighted by Gasteiger charge is -2.26. The highest BCUT2D eigenvalue weighted by atomic mass is 16.5. The fourth-order valence-corrected chi connectivity index (χ4v) is 2.59. The second-order valence-electron chi connectivity index (χ2n) is 5.85. The van der Waals surface area contributed by atoms with Crippen molar-refractivity contribution >= 4 is 5.69 Å². The maximum Gasteiger partial charge on any atom is 0.119 e. The van der Waals surface area contributed by atoms with Crippen LogP contribution in [0.5, 0.6) is 5.75 Å². The molecule has 0 radical (unpaired) electrons. The first-order chi connectivity index (χ1) is 8.49. The number of hydrogen-bond acceptors (Lipinski definition) is 3. The quantitative estimate of drug-likeness (QED) is 0.890. The average molecular weight is 248 g/mol. The van der Waals surface area contributed by atoms with Crippen LogP contribution in [-0.4, -0.2) is 25.7 Å². The van der Waals surface area contributed by atoms with Gasteiger partial charge >= 0.3 is 0 Å². The Morgan fingerprint density at radius 3 is 2.50 bits per heavy atom. The number of ether oxygens (including phenoxy) is 1. The maximum atomic E-state index is 6.17. The molecule has 0 aromatic heterocycles. The van der Waals surface area contributed by atoms with Gasteiger partial charge in [0.15, 0.2) is 0 Å². The molecule has 1 heterocycles. The summed E-state index contributed by atoms with van der Waals surface area (Å²) < 4.78 is 5.33. The molecule has 0 spiro atoms. The Morgan fingerprint density at radius 1 is 1.28 bits per heavy atom. The Bertz CT molecular complexity index is 403. The lowest BCUT2D eigenvalue weighted by molar-refractivity contribution is 0.413. The summed E-state index contributed by atoms with van der Waals surface area (Å²) in [6.07, 6.45) is 3.45. The minimum atomic E-state index is -0.194. The van der Waals surface area contributed by atoms with Crippen molar-refractivity contribution in [3.8, 4) is 5.75 Å². The molecule has 1 saturated heterocycles. The molecule has 0 bridgehead atoms. The number of anilines is 1. The van der Waals surface area contributed by atoms with E-state index in [0.29, 0.717) is 0 Å². The molecule has 1 aliphatic rings. The summed E-state index contributed by atoms with van der Waals surface area (Å²) in [6, 6.07) is 6.34. The average Bonchev–Trinajstić information content (AvgIpc) is 2.80. The molecule has 0 atom stereocenters. The van der Waals surface area contributed by atoms with Gasteiger partial charge in [-0.1, -0.05) is 0 Å². The molecular weight excluding hydrogens is 224 g/mol. The first-order valence-electron chi connectivity index (χ1n) is 6.70. The van der Waals surface area contributed by atoms with Gasteiger partial charge in [-0.15, -0.1) is 0 Å². The summed E-state index contributed by atoms with van der Waals surface area (Å²) >= 11 is 0. The van der Waals surface area contributed by atoms with E-state index >= 15 is 0 Å². The van der Waals surface area contributed by atoms with Crippen molar-refractivity contribution in [1.29, 1.82) is 0 Å². The predicted octanol–water partition coefficient (Wildman–Crippen LogP) is 2.58. The number of nitrogens with two attached hydrogens (primary N) is 1. The zero-order valence-electron chi connectivity index (χ0n) is 11.7. The van der Waals surface area contributed by atoms with Gasteiger partial charge in [-0.05, 0) is 56.9 Å². The first kappa shape index (κ1) is 13.2. The molecule has 3 nitrogen and oxygen atoms in total. The molecule has 2 N–H and O–H groups in total. The summed E-state index contributed by atoms with van der Waals surface area (Å²) in [7, 11) is 1.71.